The van der Waals surface area contributed by atoms with Crippen molar-refractivity contribution in [2.75, 3.05) is 27.2 Å². The highest BCUT2D eigenvalue weighted by Crippen LogP contribution is 2.29. The highest BCUT2D eigenvalue weighted by atomic mass is 79.9. The molecule has 0 bridgehead atoms. The van der Waals surface area contributed by atoms with Crippen LogP contribution in [0.3, 0.4) is 0 Å². The molecule has 0 amide bonds. The molecule has 2 N–H and O–H groups in total. The molecule has 1 heterocycles. The topological polar surface area (TPSA) is 69.6 Å². The Balaban J connectivity index is 2.79. The normalized spacial score (nSPS) is 15.7. The van der Waals surface area contributed by atoms with Crippen LogP contribution in [-0.4, -0.2) is 51.2 Å². The zero-order valence-corrected chi connectivity index (χ0v) is 14.6. The van der Waals surface area contributed by atoms with Crippen LogP contribution < -0.4 is 4.72 Å². The number of sulfonamides is 1. The van der Waals surface area contributed by atoms with Crippen molar-refractivity contribution >= 4 is 37.3 Å². The Kier molecular flexibility index (Phi) is 5.56. The number of halogens is 1. The zero-order valence-electron chi connectivity index (χ0n) is 11.4. The third-order valence-corrected chi connectivity index (χ3v) is 5.64. The SMILES string of the molecule is Cc1sc(Br)cc1S(=O)(=O)NCC(C)(O)CN(C)C. The van der Waals surface area contributed by atoms with Gasteiger partial charge in [0.15, 0.2) is 0 Å². The highest BCUT2D eigenvalue weighted by Gasteiger charge is 2.26. The van der Waals surface area contributed by atoms with E-state index in [4.69, 9.17) is 0 Å². The van der Waals surface area contributed by atoms with E-state index in [0.717, 1.165) is 3.79 Å². The summed E-state index contributed by atoms with van der Waals surface area (Å²) in [6, 6.07) is 1.57. The standard InChI is InChI=1S/C11H19BrN2O3S2/c1-8-9(5-10(12)18-8)19(16,17)13-6-11(2,15)7-14(3)4/h5,13,15H,6-7H2,1-4H3. The van der Waals surface area contributed by atoms with E-state index >= 15 is 0 Å². The lowest BCUT2D eigenvalue weighted by Gasteiger charge is -2.26. The van der Waals surface area contributed by atoms with Gasteiger partial charge in [-0.25, -0.2) is 13.1 Å². The van der Waals surface area contributed by atoms with Crippen LogP contribution in [-0.2, 0) is 10.0 Å². The minimum absolute atomic E-state index is 0.0274. The fourth-order valence-electron chi connectivity index (χ4n) is 1.76. The molecule has 0 spiro atoms. The Morgan fingerprint density at radius 1 is 1.53 bits per heavy atom. The number of nitrogens with zero attached hydrogens (tertiary/aromatic N) is 1. The van der Waals surface area contributed by atoms with Gasteiger partial charge in [-0.15, -0.1) is 11.3 Å². The van der Waals surface area contributed by atoms with E-state index in [1.807, 2.05) is 14.1 Å². The van der Waals surface area contributed by atoms with Crippen LogP contribution in [0.25, 0.3) is 0 Å². The first kappa shape index (κ1) is 17.1. The fraction of sp³-hybridized carbons (Fsp3) is 0.636. The summed E-state index contributed by atoms with van der Waals surface area (Å²) in [6.07, 6.45) is 0. The van der Waals surface area contributed by atoms with E-state index in [9.17, 15) is 13.5 Å². The fourth-order valence-corrected chi connectivity index (χ4v) is 5.34. The maximum absolute atomic E-state index is 12.1. The molecule has 0 aromatic carbocycles. The van der Waals surface area contributed by atoms with Crippen molar-refractivity contribution in [3.8, 4) is 0 Å². The Morgan fingerprint density at radius 3 is 2.53 bits per heavy atom. The molecule has 19 heavy (non-hydrogen) atoms. The number of thiophene rings is 1. The van der Waals surface area contributed by atoms with Crippen LogP contribution in [0, 0.1) is 6.92 Å². The number of rotatable bonds is 6. The number of likely N-dealkylation sites (N-methyl/N-ethyl adjacent to an activating group) is 1. The van der Waals surface area contributed by atoms with Crippen LogP contribution in [0.1, 0.15) is 11.8 Å². The molecule has 8 heteroatoms. The molecule has 0 fully saturated rings. The van der Waals surface area contributed by atoms with Gasteiger partial charge in [0.1, 0.15) is 0 Å². The van der Waals surface area contributed by atoms with Crippen LogP contribution >= 0.6 is 27.3 Å². The summed E-state index contributed by atoms with van der Waals surface area (Å²) >= 11 is 4.64. The van der Waals surface area contributed by atoms with Gasteiger partial charge < -0.3 is 10.0 Å². The lowest BCUT2D eigenvalue weighted by atomic mass is 10.1. The Morgan fingerprint density at radius 2 is 2.11 bits per heavy atom. The summed E-state index contributed by atoms with van der Waals surface area (Å²) in [6.45, 7) is 3.70. The van der Waals surface area contributed by atoms with Crippen molar-refractivity contribution in [1.29, 1.82) is 0 Å². The molecule has 1 aromatic rings. The quantitative estimate of drug-likeness (QED) is 0.794. The van der Waals surface area contributed by atoms with Crippen molar-refractivity contribution in [3.63, 3.8) is 0 Å². The van der Waals surface area contributed by atoms with E-state index in [2.05, 4.69) is 20.7 Å². The second kappa shape index (κ2) is 6.19. The van der Waals surface area contributed by atoms with Gasteiger partial charge in [0.2, 0.25) is 10.0 Å². The number of hydrogen-bond acceptors (Lipinski definition) is 5. The van der Waals surface area contributed by atoms with Crippen molar-refractivity contribution in [1.82, 2.24) is 9.62 Å². The number of nitrogens with one attached hydrogen (secondary N) is 1. The maximum Gasteiger partial charge on any atom is 0.241 e. The van der Waals surface area contributed by atoms with Gasteiger partial charge in [-0.2, -0.15) is 0 Å². The van der Waals surface area contributed by atoms with E-state index in [-0.39, 0.29) is 11.4 Å². The van der Waals surface area contributed by atoms with Gasteiger partial charge in [0.05, 0.1) is 14.3 Å². The summed E-state index contributed by atoms with van der Waals surface area (Å²) in [5, 5.41) is 10.1. The Labute approximate surface area is 126 Å². The van der Waals surface area contributed by atoms with Gasteiger partial charge in [0.25, 0.3) is 0 Å². The summed E-state index contributed by atoms with van der Waals surface area (Å²) in [5.41, 5.74) is -1.11. The first-order chi connectivity index (χ1) is 8.53. The number of aryl methyl sites for hydroxylation is 1. The lowest BCUT2D eigenvalue weighted by Crippen LogP contribution is -2.47. The first-order valence-corrected chi connectivity index (χ1v) is 8.75. The van der Waals surface area contributed by atoms with Gasteiger partial charge in [-0.1, -0.05) is 0 Å². The van der Waals surface area contributed by atoms with E-state index in [0.29, 0.717) is 11.4 Å². The van der Waals surface area contributed by atoms with Crippen molar-refractivity contribution < 1.29 is 13.5 Å². The van der Waals surface area contributed by atoms with Crippen molar-refractivity contribution in [2.45, 2.75) is 24.3 Å². The van der Waals surface area contributed by atoms with Gasteiger partial charge >= 0.3 is 0 Å². The average Bonchev–Trinajstić information content (AvgIpc) is 2.54. The third kappa shape index (κ3) is 5.13. The molecule has 110 valence electrons. The minimum atomic E-state index is -3.59. The maximum atomic E-state index is 12.1. The number of aliphatic hydroxyl groups is 1. The van der Waals surface area contributed by atoms with Crippen molar-refractivity contribution in [2.24, 2.45) is 0 Å². The predicted octanol–water partition coefficient (Wildman–Crippen LogP) is 1.41. The van der Waals surface area contributed by atoms with Crippen molar-refractivity contribution in [3.05, 3.63) is 14.7 Å². The monoisotopic (exact) mass is 370 g/mol. The second-order valence-corrected chi connectivity index (χ2v) is 9.40. The molecule has 1 rings (SSSR count). The van der Waals surface area contributed by atoms with E-state index in [1.165, 1.54) is 11.3 Å². The summed E-state index contributed by atoms with van der Waals surface area (Å²) in [4.78, 5) is 2.78. The molecule has 1 aromatic heterocycles. The Hall–Kier alpha value is 0.01000. The average molecular weight is 371 g/mol. The first-order valence-electron chi connectivity index (χ1n) is 5.66. The molecule has 0 radical (unpaired) electrons. The van der Waals surface area contributed by atoms with Gasteiger partial charge in [0, 0.05) is 18.0 Å². The summed E-state index contributed by atoms with van der Waals surface area (Å²) in [5.74, 6) is 0. The van der Waals surface area contributed by atoms with Crippen LogP contribution in [0.2, 0.25) is 0 Å². The summed E-state index contributed by atoms with van der Waals surface area (Å²) in [7, 11) is 0.0578. The van der Waals surface area contributed by atoms with Gasteiger partial charge in [-0.3, -0.25) is 0 Å². The molecule has 1 unspecified atom stereocenters. The molecule has 0 saturated heterocycles. The largest absolute Gasteiger partial charge is 0.387 e. The predicted molar refractivity (Wildman–Crippen MR) is 81.1 cm³/mol. The molecule has 0 aliphatic heterocycles. The van der Waals surface area contributed by atoms with E-state index < -0.39 is 15.6 Å². The van der Waals surface area contributed by atoms with Crippen LogP contribution in [0.15, 0.2) is 14.7 Å². The van der Waals surface area contributed by atoms with Gasteiger partial charge in [-0.05, 0) is 49.9 Å². The molecule has 0 aliphatic carbocycles. The van der Waals surface area contributed by atoms with Crippen LogP contribution in [0.4, 0.5) is 0 Å². The Bertz CT molecular complexity index is 538. The lowest BCUT2D eigenvalue weighted by molar-refractivity contribution is 0.0386. The smallest absolute Gasteiger partial charge is 0.241 e. The molecular formula is C11H19BrN2O3S2. The molecule has 5 nitrogen and oxygen atoms in total. The molecule has 0 aliphatic rings. The van der Waals surface area contributed by atoms with E-state index in [1.54, 1.807) is 24.8 Å². The zero-order chi connectivity index (χ0) is 14.8. The molecular weight excluding hydrogens is 352 g/mol. The van der Waals surface area contributed by atoms with Crippen LogP contribution in [0.5, 0.6) is 0 Å². The molecule has 0 saturated carbocycles. The highest BCUT2D eigenvalue weighted by molar-refractivity contribution is 9.11. The minimum Gasteiger partial charge on any atom is -0.387 e. The summed E-state index contributed by atoms with van der Waals surface area (Å²) < 4.78 is 27.5. The second-order valence-electron chi connectivity index (χ2n) is 5.03. The third-order valence-electron chi connectivity index (χ3n) is 2.43. The number of hydrogen-bond donors (Lipinski definition) is 2. The molecule has 1 atom stereocenters.